The second kappa shape index (κ2) is 6.03. The van der Waals surface area contributed by atoms with Crippen molar-refractivity contribution < 1.29 is 0 Å². The first-order valence-corrected chi connectivity index (χ1v) is 6.47. The molecule has 0 saturated heterocycles. The minimum absolute atomic E-state index is 0.672. The van der Waals surface area contributed by atoms with Crippen LogP contribution in [0.2, 0.25) is 5.15 Å². The van der Waals surface area contributed by atoms with Crippen molar-refractivity contribution in [2.75, 3.05) is 6.54 Å². The molecule has 1 heterocycles. The van der Waals surface area contributed by atoms with Crippen molar-refractivity contribution >= 4 is 11.6 Å². The van der Waals surface area contributed by atoms with E-state index in [4.69, 9.17) is 11.6 Å². The number of hydrogen-bond acceptors (Lipinski definition) is 2. The number of benzene rings is 1. The van der Waals surface area contributed by atoms with E-state index in [2.05, 4.69) is 41.5 Å². The molecule has 0 bridgehead atoms. The van der Waals surface area contributed by atoms with Gasteiger partial charge in [0.2, 0.25) is 0 Å². The van der Waals surface area contributed by atoms with E-state index >= 15 is 0 Å². The first-order valence-electron chi connectivity index (χ1n) is 6.09. The molecular formula is C14H18ClN3. The van der Waals surface area contributed by atoms with E-state index < -0.39 is 0 Å². The van der Waals surface area contributed by atoms with E-state index in [-0.39, 0.29) is 0 Å². The first-order chi connectivity index (χ1) is 8.66. The Morgan fingerprint density at radius 3 is 2.89 bits per heavy atom. The molecule has 0 amide bonds. The molecule has 0 radical (unpaired) electrons. The van der Waals surface area contributed by atoms with Crippen LogP contribution in [0.1, 0.15) is 17.0 Å². The minimum atomic E-state index is 0.672. The molecular weight excluding hydrogens is 246 g/mol. The van der Waals surface area contributed by atoms with Crippen molar-refractivity contribution in [3.8, 4) is 0 Å². The summed E-state index contributed by atoms with van der Waals surface area (Å²) in [6.07, 6.45) is 2.71. The minimum Gasteiger partial charge on any atom is -0.321 e. The molecule has 0 unspecified atom stereocenters. The number of nitrogens with one attached hydrogen (secondary N) is 1. The third-order valence-corrected chi connectivity index (χ3v) is 3.33. The molecule has 4 heteroatoms. The SMILES string of the molecule is Cc1cccc(CCNCc2ncc(Cl)n2C)c1. The van der Waals surface area contributed by atoms with Gasteiger partial charge >= 0.3 is 0 Å². The normalized spacial score (nSPS) is 10.8. The Labute approximate surface area is 113 Å². The maximum absolute atomic E-state index is 5.93. The fourth-order valence-corrected chi connectivity index (χ4v) is 2.04. The number of aromatic nitrogens is 2. The number of imidazole rings is 1. The van der Waals surface area contributed by atoms with Crippen molar-refractivity contribution in [3.63, 3.8) is 0 Å². The molecule has 0 spiro atoms. The van der Waals surface area contributed by atoms with Gasteiger partial charge in [0.05, 0.1) is 12.7 Å². The highest BCUT2D eigenvalue weighted by Gasteiger charge is 2.03. The number of halogens is 1. The Bertz CT molecular complexity index is 520. The van der Waals surface area contributed by atoms with Gasteiger partial charge in [0.1, 0.15) is 11.0 Å². The van der Waals surface area contributed by atoms with Crippen LogP contribution in [0.15, 0.2) is 30.5 Å². The molecule has 3 nitrogen and oxygen atoms in total. The summed E-state index contributed by atoms with van der Waals surface area (Å²) in [5.41, 5.74) is 2.67. The third-order valence-electron chi connectivity index (χ3n) is 2.98. The summed E-state index contributed by atoms with van der Waals surface area (Å²) >= 11 is 5.93. The number of aryl methyl sites for hydroxylation is 1. The number of rotatable bonds is 5. The third kappa shape index (κ3) is 3.34. The fraction of sp³-hybridized carbons (Fsp3) is 0.357. The van der Waals surface area contributed by atoms with Gasteiger partial charge in [0.25, 0.3) is 0 Å². The zero-order valence-corrected chi connectivity index (χ0v) is 11.5. The molecule has 1 aromatic carbocycles. The molecule has 1 aromatic heterocycles. The largest absolute Gasteiger partial charge is 0.321 e. The monoisotopic (exact) mass is 263 g/mol. The van der Waals surface area contributed by atoms with Gasteiger partial charge in [-0.15, -0.1) is 0 Å². The lowest BCUT2D eigenvalue weighted by Crippen LogP contribution is -2.19. The van der Waals surface area contributed by atoms with Crippen LogP contribution >= 0.6 is 11.6 Å². The van der Waals surface area contributed by atoms with Crippen LogP contribution in [-0.2, 0) is 20.0 Å². The summed E-state index contributed by atoms with van der Waals surface area (Å²) in [5.74, 6) is 0.962. The van der Waals surface area contributed by atoms with Crippen molar-refractivity contribution in [1.29, 1.82) is 0 Å². The molecule has 0 aliphatic rings. The molecule has 0 fully saturated rings. The average molecular weight is 264 g/mol. The predicted molar refractivity (Wildman–Crippen MR) is 74.8 cm³/mol. The quantitative estimate of drug-likeness (QED) is 0.841. The fourth-order valence-electron chi connectivity index (χ4n) is 1.89. The van der Waals surface area contributed by atoms with Crippen molar-refractivity contribution in [2.45, 2.75) is 19.9 Å². The van der Waals surface area contributed by atoms with Crippen LogP contribution < -0.4 is 5.32 Å². The number of hydrogen-bond donors (Lipinski definition) is 1. The van der Waals surface area contributed by atoms with E-state index in [1.54, 1.807) is 6.20 Å². The lowest BCUT2D eigenvalue weighted by Gasteiger charge is -2.06. The zero-order valence-electron chi connectivity index (χ0n) is 10.8. The van der Waals surface area contributed by atoms with Crippen LogP contribution in [0.25, 0.3) is 0 Å². The second-order valence-electron chi connectivity index (χ2n) is 4.47. The van der Waals surface area contributed by atoms with Crippen LogP contribution in [0.4, 0.5) is 0 Å². The maximum atomic E-state index is 5.93. The van der Waals surface area contributed by atoms with Gasteiger partial charge in [-0.3, -0.25) is 0 Å². The molecule has 0 aliphatic heterocycles. The Kier molecular flexibility index (Phi) is 4.39. The van der Waals surface area contributed by atoms with Gasteiger partial charge in [-0.25, -0.2) is 4.98 Å². The lowest BCUT2D eigenvalue weighted by atomic mass is 10.1. The predicted octanol–water partition coefficient (Wildman–Crippen LogP) is 2.71. The lowest BCUT2D eigenvalue weighted by molar-refractivity contribution is 0.638. The second-order valence-corrected chi connectivity index (χ2v) is 4.86. The summed E-state index contributed by atoms with van der Waals surface area (Å²) in [4.78, 5) is 4.24. The topological polar surface area (TPSA) is 29.9 Å². The Balaban J connectivity index is 1.78. The van der Waals surface area contributed by atoms with E-state index in [0.717, 1.165) is 25.3 Å². The zero-order chi connectivity index (χ0) is 13.0. The molecule has 1 N–H and O–H groups in total. The number of nitrogens with zero attached hydrogens (tertiary/aromatic N) is 2. The molecule has 0 atom stereocenters. The summed E-state index contributed by atoms with van der Waals surface area (Å²) in [7, 11) is 1.92. The summed E-state index contributed by atoms with van der Waals surface area (Å²) < 4.78 is 1.89. The van der Waals surface area contributed by atoms with Crippen LogP contribution in [0.5, 0.6) is 0 Å². The molecule has 96 valence electrons. The van der Waals surface area contributed by atoms with Gasteiger partial charge in [-0.1, -0.05) is 41.4 Å². The van der Waals surface area contributed by atoms with Gasteiger partial charge in [0, 0.05) is 7.05 Å². The highest BCUT2D eigenvalue weighted by molar-refractivity contribution is 6.29. The van der Waals surface area contributed by atoms with Crippen LogP contribution in [0, 0.1) is 6.92 Å². The van der Waals surface area contributed by atoms with Crippen LogP contribution in [0.3, 0.4) is 0 Å². The first kappa shape index (κ1) is 13.1. The van der Waals surface area contributed by atoms with Crippen molar-refractivity contribution in [2.24, 2.45) is 7.05 Å². The van der Waals surface area contributed by atoms with Gasteiger partial charge in [0.15, 0.2) is 0 Å². The summed E-state index contributed by atoms with van der Waals surface area (Å²) in [6, 6.07) is 8.60. The maximum Gasteiger partial charge on any atom is 0.128 e. The van der Waals surface area contributed by atoms with Gasteiger partial charge in [-0.05, 0) is 25.5 Å². The van der Waals surface area contributed by atoms with Crippen molar-refractivity contribution in [3.05, 3.63) is 52.6 Å². The Hall–Kier alpha value is -1.32. The van der Waals surface area contributed by atoms with Gasteiger partial charge < -0.3 is 9.88 Å². The average Bonchev–Trinajstić information content (AvgIpc) is 2.66. The van der Waals surface area contributed by atoms with E-state index in [1.807, 2.05) is 11.6 Å². The Morgan fingerprint density at radius 2 is 2.22 bits per heavy atom. The summed E-state index contributed by atoms with van der Waals surface area (Å²) in [6.45, 7) is 3.80. The molecule has 2 aromatic rings. The van der Waals surface area contributed by atoms with Crippen LogP contribution in [-0.4, -0.2) is 16.1 Å². The standard InChI is InChI=1S/C14H18ClN3/c1-11-4-3-5-12(8-11)6-7-16-10-14-17-9-13(15)18(14)2/h3-5,8-9,16H,6-7,10H2,1-2H3. The summed E-state index contributed by atoms with van der Waals surface area (Å²) in [5, 5.41) is 4.05. The molecule has 0 aliphatic carbocycles. The van der Waals surface area contributed by atoms with E-state index in [9.17, 15) is 0 Å². The smallest absolute Gasteiger partial charge is 0.128 e. The van der Waals surface area contributed by atoms with Crippen molar-refractivity contribution in [1.82, 2.24) is 14.9 Å². The van der Waals surface area contributed by atoms with Gasteiger partial charge in [-0.2, -0.15) is 0 Å². The molecule has 0 saturated carbocycles. The Morgan fingerprint density at radius 1 is 1.39 bits per heavy atom. The molecule has 18 heavy (non-hydrogen) atoms. The van der Waals surface area contributed by atoms with E-state index in [0.29, 0.717) is 5.15 Å². The highest BCUT2D eigenvalue weighted by atomic mass is 35.5. The highest BCUT2D eigenvalue weighted by Crippen LogP contribution is 2.08. The van der Waals surface area contributed by atoms with E-state index in [1.165, 1.54) is 11.1 Å². The molecule has 2 rings (SSSR count).